The highest BCUT2D eigenvalue weighted by atomic mass is 16.5. The molecule has 0 bridgehead atoms. The number of nitrogens with one attached hydrogen (secondary N) is 1. The van der Waals surface area contributed by atoms with Gasteiger partial charge < -0.3 is 10.1 Å². The van der Waals surface area contributed by atoms with Gasteiger partial charge in [0.25, 0.3) is 5.91 Å². The van der Waals surface area contributed by atoms with E-state index in [0.29, 0.717) is 18.9 Å². The summed E-state index contributed by atoms with van der Waals surface area (Å²) in [5, 5.41) is 3.01. The van der Waals surface area contributed by atoms with Crippen molar-refractivity contribution in [3.05, 3.63) is 35.4 Å². The number of aryl methyl sites for hydroxylation is 1. The van der Waals surface area contributed by atoms with Crippen LogP contribution in [0.15, 0.2) is 24.3 Å². The second-order valence-corrected chi connectivity index (χ2v) is 8.34. The Kier molecular flexibility index (Phi) is 7.13. The van der Waals surface area contributed by atoms with Gasteiger partial charge in [0.2, 0.25) is 0 Å². The van der Waals surface area contributed by atoms with Crippen LogP contribution in [0.1, 0.15) is 57.1 Å². The van der Waals surface area contributed by atoms with E-state index < -0.39 is 11.6 Å². The summed E-state index contributed by atoms with van der Waals surface area (Å²) in [6.07, 6.45) is 5.29. The van der Waals surface area contributed by atoms with E-state index in [1.54, 1.807) is 0 Å². The van der Waals surface area contributed by atoms with E-state index in [2.05, 4.69) is 19.2 Å². The number of nitrogens with zero attached hydrogens (tertiary/aromatic N) is 2. The van der Waals surface area contributed by atoms with Crippen molar-refractivity contribution in [2.75, 3.05) is 26.9 Å². The van der Waals surface area contributed by atoms with Crippen LogP contribution in [0.3, 0.4) is 0 Å². The number of carbonyl (C=O) groups is 3. The Labute approximate surface area is 178 Å². The van der Waals surface area contributed by atoms with E-state index in [-0.39, 0.29) is 25.1 Å². The number of imide groups is 1. The average molecular weight is 416 g/mol. The van der Waals surface area contributed by atoms with Crippen LogP contribution in [-0.2, 0) is 26.3 Å². The third-order valence-electron chi connectivity index (χ3n) is 6.49. The topological polar surface area (TPSA) is 79.0 Å². The molecule has 164 valence electrons. The van der Waals surface area contributed by atoms with Gasteiger partial charge in [-0.1, -0.05) is 51.0 Å². The quantitative estimate of drug-likeness (QED) is 0.522. The molecule has 30 heavy (non-hydrogen) atoms. The van der Waals surface area contributed by atoms with Crippen LogP contribution in [0.25, 0.3) is 0 Å². The van der Waals surface area contributed by atoms with Gasteiger partial charge in [0.15, 0.2) is 0 Å². The van der Waals surface area contributed by atoms with Crippen LogP contribution in [0, 0.1) is 5.92 Å². The Morgan fingerprint density at radius 1 is 1.23 bits per heavy atom. The van der Waals surface area contributed by atoms with Crippen molar-refractivity contribution in [3.63, 3.8) is 0 Å². The zero-order valence-electron chi connectivity index (χ0n) is 18.3. The van der Waals surface area contributed by atoms with E-state index in [9.17, 15) is 14.4 Å². The molecule has 1 aromatic rings. The maximum atomic E-state index is 13.6. The van der Waals surface area contributed by atoms with E-state index in [1.165, 1.54) is 12.0 Å². The van der Waals surface area contributed by atoms with Crippen molar-refractivity contribution in [3.8, 4) is 0 Å². The Hall–Kier alpha value is -2.41. The number of ether oxygens (including phenoxy) is 1. The number of esters is 1. The summed E-state index contributed by atoms with van der Waals surface area (Å²) in [5.41, 5.74) is 1.02. The van der Waals surface area contributed by atoms with Crippen LogP contribution in [0.4, 0.5) is 4.79 Å². The first-order chi connectivity index (χ1) is 14.4. The van der Waals surface area contributed by atoms with Crippen LogP contribution >= 0.6 is 0 Å². The lowest BCUT2D eigenvalue weighted by Crippen LogP contribution is -2.47. The minimum Gasteiger partial charge on any atom is -0.468 e. The number of urea groups is 1. The second kappa shape index (κ2) is 9.60. The summed E-state index contributed by atoms with van der Waals surface area (Å²) in [6, 6.07) is 7.51. The van der Waals surface area contributed by atoms with Crippen LogP contribution in [0.2, 0.25) is 0 Å². The molecule has 1 aliphatic carbocycles. The van der Waals surface area contributed by atoms with Gasteiger partial charge in [-0.05, 0) is 42.7 Å². The number of carbonyl (C=O) groups excluding carboxylic acids is 3. The largest absolute Gasteiger partial charge is 0.468 e. The zero-order valence-corrected chi connectivity index (χ0v) is 18.3. The maximum absolute atomic E-state index is 13.6. The number of benzene rings is 1. The van der Waals surface area contributed by atoms with Gasteiger partial charge in [0.1, 0.15) is 5.54 Å². The fourth-order valence-electron chi connectivity index (χ4n) is 4.63. The van der Waals surface area contributed by atoms with Gasteiger partial charge in [-0.15, -0.1) is 0 Å². The average Bonchev–Trinajstić information content (AvgIpc) is 2.89. The Morgan fingerprint density at radius 3 is 2.67 bits per heavy atom. The molecule has 0 radical (unpaired) electrons. The van der Waals surface area contributed by atoms with E-state index >= 15 is 0 Å². The number of methoxy groups -OCH3 is 1. The van der Waals surface area contributed by atoms with E-state index in [1.807, 2.05) is 29.2 Å². The number of fused-ring (bicyclic) bond motifs is 2. The molecule has 1 N–H and O–H groups in total. The smallest absolute Gasteiger partial charge is 0.326 e. The van der Waals surface area contributed by atoms with Crippen LogP contribution in [-0.4, -0.2) is 54.6 Å². The molecule has 1 atom stereocenters. The first-order valence-electron chi connectivity index (χ1n) is 11.0. The summed E-state index contributed by atoms with van der Waals surface area (Å²) in [4.78, 5) is 41.6. The third kappa shape index (κ3) is 4.36. The summed E-state index contributed by atoms with van der Waals surface area (Å²) in [6.45, 7) is 4.97. The molecule has 1 saturated heterocycles. The summed E-state index contributed by atoms with van der Waals surface area (Å²) in [5.74, 6) is -0.216. The zero-order chi connectivity index (χ0) is 21.7. The predicted octanol–water partition coefficient (Wildman–Crippen LogP) is 3.03. The van der Waals surface area contributed by atoms with Crippen molar-refractivity contribution >= 4 is 17.9 Å². The van der Waals surface area contributed by atoms with Crippen LogP contribution in [0.5, 0.6) is 0 Å². The molecule has 7 heteroatoms. The normalized spacial score (nSPS) is 21.2. The Bertz CT molecular complexity index is 792. The molecular weight excluding hydrogens is 382 g/mol. The molecule has 7 nitrogen and oxygen atoms in total. The molecule has 1 spiro atoms. The predicted molar refractivity (Wildman–Crippen MR) is 114 cm³/mol. The molecule has 1 aromatic carbocycles. The van der Waals surface area contributed by atoms with E-state index in [4.69, 9.17) is 4.74 Å². The molecule has 0 aromatic heterocycles. The Balaban J connectivity index is 1.86. The van der Waals surface area contributed by atoms with E-state index in [0.717, 1.165) is 43.2 Å². The van der Waals surface area contributed by atoms with Gasteiger partial charge in [-0.25, -0.2) is 9.69 Å². The maximum Gasteiger partial charge on any atom is 0.326 e. The van der Waals surface area contributed by atoms with Crippen molar-refractivity contribution in [2.45, 2.75) is 57.9 Å². The van der Waals surface area contributed by atoms with Gasteiger partial charge in [-0.2, -0.15) is 0 Å². The molecule has 3 rings (SSSR count). The van der Waals surface area contributed by atoms with Gasteiger partial charge in [0, 0.05) is 6.54 Å². The molecule has 3 amide bonds. The minimum atomic E-state index is -1.00. The lowest BCUT2D eigenvalue weighted by Gasteiger charge is -2.30. The minimum absolute atomic E-state index is 0.0493. The fourth-order valence-corrected chi connectivity index (χ4v) is 4.63. The van der Waals surface area contributed by atoms with Gasteiger partial charge in [-0.3, -0.25) is 14.5 Å². The molecule has 0 saturated carbocycles. The lowest BCUT2D eigenvalue weighted by molar-refractivity contribution is -0.144. The number of hydrogen-bond donors (Lipinski definition) is 1. The second-order valence-electron chi connectivity index (χ2n) is 8.34. The SMILES string of the molecule is CCC(CC)CN(CC(=O)OC)CN1C(=O)N[C@]2(CCCCc3ccccc32)C1=O. The molecule has 1 aliphatic heterocycles. The van der Waals surface area contributed by atoms with Crippen LogP contribution < -0.4 is 5.32 Å². The summed E-state index contributed by atoms with van der Waals surface area (Å²) >= 11 is 0. The number of hydrogen-bond acceptors (Lipinski definition) is 5. The third-order valence-corrected chi connectivity index (χ3v) is 6.49. The molecule has 1 heterocycles. The molecule has 1 fully saturated rings. The van der Waals surface area contributed by atoms with Crippen molar-refractivity contribution < 1.29 is 19.1 Å². The summed E-state index contributed by atoms with van der Waals surface area (Å²) in [7, 11) is 1.35. The van der Waals surface area contributed by atoms with Gasteiger partial charge >= 0.3 is 12.0 Å². The van der Waals surface area contributed by atoms with Crippen molar-refractivity contribution in [1.29, 1.82) is 0 Å². The van der Waals surface area contributed by atoms with Gasteiger partial charge in [0.05, 0.1) is 20.3 Å². The standard InChI is InChI=1S/C23H33N3O4/c1-4-17(5-2)14-25(15-20(27)30-3)16-26-21(28)23(24-22(26)29)13-9-8-11-18-10-6-7-12-19(18)23/h6-7,10,12,17H,4-5,8-9,11,13-16H2,1-3H3,(H,24,29)/t23-/m0/s1. The molecule has 2 aliphatic rings. The fraction of sp³-hybridized carbons (Fsp3) is 0.609. The lowest BCUT2D eigenvalue weighted by atomic mass is 9.84. The van der Waals surface area contributed by atoms with Crippen molar-refractivity contribution in [2.24, 2.45) is 5.92 Å². The molecule has 0 unspecified atom stereocenters. The summed E-state index contributed by atoms with van der Waals surface area (Å²) < 4.78 is 4.84. The number of rotatable bonds is 8. The highest BCUT2D eigenvalue weighted by Gasteiger charge is 2.53. The Morgan fingerprint density at radius 2 is 1.97 bits per heavy atom. The monoisotopic (exact) mass is 415 g/mol. The first kappa shape index (κ1) is 22.3. The number of amides is 3. The molecular formula is C23H33N3O4. The first-order valence-corrected chi connectivity index (χ1v) is 11.0. The highest BCUT2D eigenvalue weighted by molar-refractivity contribution is 6.07. The highest BCUT2D eigenvalue weighted by Crippen LogP contribution is 2.39. The van der Waals surface area contributed by atoms with Crippen molar-refractivity contribution in [1.82, 2.24) is 15.1 Å².